The van der Waals surface area contributed by atoms with Gasteiger partial charge in [0.25, 0.3) is 0 Å². The van der Waals surface area contributed by atoms with Crippen LogP contribution < -0.4 is 0 Å². The summed E-state index contributed by atoms with van der Waals surface area (Å²) in [4.78, 5) is 19.4. The highest BCUT2D eigenvalue weighted by Crippen LogP contribution is 2.48. The van der Waals surface area contributed by atoms with Gasteiger partial charge in [-0.05, 0) is 79.3 Å². The van der Waals surface area contributed by atoms with E-state index >= 15 is 0 Å². The summed E-state index contributed by atoms with van der Waals surface area (Å²) in [6.45, 7) is 23.6. The van der Waals surface area contributed by atoms with Crippen molar-refractivity contribution in [2.45, 2.75) is 100 Å². The number of hydrogen-bond acceptors (Lipinski definition) is 7. The maximum absolute atomic E-state index is 14.1. The van der Waals surface area contributed by atoms with Crippen molar-refractivity contribution in [3.63, 3.8) is 0 Å². The first kappa shape index (κ1) is 47.4. The van der Waals surface area contributed by atoms with E-state index in [1.165, 1.54) is 4.31 Å². The van der Waals surface area contributed by atoms with Gasteiger partial charge in [0, 0.05) is 37.1 Å². The summed E-state index contributed by atoms with van der Waals surface area (Å²) in [5.74, 6) is -0.417. The van der Waals surface area contributed by atoms with Gasteiger partial charge in [-0.25, -0.2) is 8.42 Å². The molecule has 1 aliphatic heterocycles. The quantitative estimate of drug-likeness (QED) is 0.179. The molecule has 0 aliphatic carbocycles. The first-order chi connectivity index (χ1) is 24.0. The van der Waals surface area contributed by atoms with Crippen LogP contribution in [0.2, 0.25) is 5.02 Å². The number of piperazine rings is 1. The van der Waals surface area contributed by atoms with Gasteiger partial charge in [-0.3, -0.25) is 14.3 Å². The molecular formula is C38H61ClN3O6PS. The molecule has 1 amide bonds. The number of aromatic nitrogens is 1. The van der Waals surface area contributed by atoms with Crippen LogP contribution in [0, 0.1) is 6.92 Å². The lowest BCUT2D eigenvalue weighted by Gasteiger charge is -2.41. The lowest BCUT2D eigenvalue weighted by Crippen LogP contribution is -2.53. The second-order valence-electron chi connectivity index (χ2n) is 9.95. The molecule has 2 aromatic carbocycles. The number of rotatable bonds is 11. The maximum Gasteiger partial charge on any atom is 0.340 e. The largest absolute Gasteiger partial charge is 0.340 e. The van der Waals surface area contributed by atoms with E-state index in [1.807, 2.05) is 91.9 Å². The first-order valence-corrected chi connectivity index (χ1v) is 21.5. The number of sulfonamides is 1. The van der Waals surface area contributed by atoms with Crippen molar-refractivity contribution in [1.29, 1.82) is 0 Å². The Morgan fingerprint density at radius 2 is 1.52 bits per heavy atom. The third kappa shape index (κ3) is 12.6. The molecule has 1 atom stereocenters. The highest BCUT2D eigenvalue weighted by Gasteiger charge is 2.41. The van der Waals surface area contributed by atoms with Crippen LogP contribution in [0.15, 0.2) is 65.8 Å². The summed E-state index contributed by atoms with van der Waals surface area (Å²) in [5, 5.41) is 0.357. The van der Waals surface area contributed by atoms with Crippen LogP contribution in [-0.4, -0.2) is 67.5 Å². The Morgan fingerprint density at radius 1 is 0.920 bits per heavy atom. The molecule has 0 bridgehead atoms. The second-order valence-corrected chi connectivity index (χ2v) is 14.3. The van der Waals surface area contributed by atoms with Crippen molar-refractivity contribution in [3.05, 3.63) is 82.6 Å². The summed E-state index contributed by atoms with van der Waals surface area (Å²) >= 11 is 6.32. The van der Waals surface area contributed by atoms with Gasteiger partial charge in [-0.2, -0.15) is 4.31 Å². The predicted octanol–water partition coefficient (Wildman–Crippen LogP) is 10.2. The van der Waals surface area contributed by atoms with Gasteiger partial charge in [0.2, 0.25) is 15.9 Å². The fourth-order valence-corrected chi connectivity index (χ4v) is 8.89. The van der Waals surface area contributed by atoms with Crippen molar-refractivity contribution >= 4 is 35.1 Å². The van der Waals surface area contributed by atoms with E-state index in [2.05, 4.69) is 11.9 Å². The summed E-state index contributed by atoms with van der Waals surface area (Å²) < 4.78 is 53.6. The average molecular weight is 754 g/mol. The first-order valence-electron chi connectivity index (χ1n) is 18.0. The Kier molecular flexibility index (Phi) is 23.3. The van der Waals surface area contributed by atoms with Crippen LogP contribution in [-0.2, 0) is 34.9 Å². The molecule has 12 heteroatoms. The molecule has 1 aromatic heterocycles. The molecule has 4 rings (SSSR count). The lowest BCUT2D eigenvalue weighted by molar-refractivity contribution is -0.130. The number of nitrogens with zero attached hydrogens (tertiary/aromatic N) is 3. The Bertz CT molecular complexity index is 1580. The summed E-state index contributed by atoms with van der Waals surface area (Å²) in [6.07, 6.45) is 3.93. The number of carbonyl (C=O) groups excluding carboxylic acids is 1. The Balaban J connectivity index is 0.00000280. The number of aryl methyl sites for hydroxylation is 1. The molecule has 0 spiro atoms. The molecule has 1 saturated heterocycles. The second kappa shape index (κ2) is 24.6. The number of pyridine rings is 1. The van der Waals surface area contributed by atoms with Gasteiger partial charge in [0.05, 0.1) is 24.2 Å². The van der Waals surface area contributed by atoms with E-state index in [0.717, 1.165) is 28.7 Å². The van der Waals surface area contributed by atoms with Gasteiger partial charge in [-0.15, -0.1) is 0 Å². The topological polar surface area (TPSA) is 106 Å². The summed E-state index contributed by atoms with van der Waals surface area (Å²) in [6, 6.07) is 13.7. The zero-order valence-electron chi connectivity index (χ0n) is 32.3. The van der Waals surface area contributed by atoms with E-state index in [1.54, 1.807) is 50.1 Å². The van der Waals surface area contributed by atoms with E-state index < -0.39 is 35.7 Å². The van der Waals surface area contributed by atoms with Crippen molar-refractivity contribution in [2.24, 2.45) is 0 Å². The zero-order chi connectivity index (χ0) is 38.5. The molecule has 0 radical (unpaired) electrons. The van der Waals surface area contributed by atoms with E-state index in [0.29, 0.717) is 10.6 Å². The fourth-order valence-electron chi connectivity index (χ4n) is 5.24. The predicted molar refractivity (Wildman–Crippen MR) is 210 cm³/mol. The molecule has 1 unspecified atom stereocenters. The smallest absolute Gasteiger partial charge is 0.339 e. The zero-order valence-corrected chi connectivity index (χ0v) is 34.8. The fraction of sp³-hybridized carbons (Fsp3) is 0.526. The van der Waals surface area contributed by atoms with Crippen LogP contribution in [0.3, 0.4) is 0 Å². The minimum absolute atomic E-state index is 0.0396. The van der Waals surface area contributed by atoms with Crippen LogP contribution >= 0.6 is 19.2 Å². The van der Waals surface area contributed by atoms with Crippen molar-refractivity contribution in [3.8, 4) is 11.1 Å². The highest BCUT2D eigenvalue weighted by atomic mass is 35.5. The van der Waals surface area contributed by atoms with Gasteiger partial charge in [-0.1, -0.05) is 98.2 Å². The van der Waals surface area contributed by atoms with Crippen LogP contribution in [0.4, 0.5) is 0 Å². The summed E-state index contributed by atoms with van der Waals surface area (Å²) in [5.41, 5.74) is 4.18. The minimum Gasteiger partial charge on any atom is -0.339 e. The van der Waals surface area contributed by atoms with Gasteiger partial charge in [0.15, 0.2) is 0 Å². The molecule has 3 aromatic rings. The third-order valence-corrected chi connectivity index (χ3v) is 11.8. The number of halogens is 1. The Morgan fingerprint density at radius 3 is 2.10 bits per heavy atom. The SMILES string of the molecule is CC.CC.CC.CC.CCOP(=O)(CC(=O)N1CCN(S(=O)(=O)c2cccc(Cl)c2C)C(c2cccc(-c3ccncc3CC)c2)C1)OCC. The van der Waals surface area contributed by atoms with Crippen molar-refractivity contribution in [2.75, 3.05) is 39.0 Å². The molecule has 9 nitrogen and oxygen atoms in total. The van der Waals surface area contributed by atoms with E-state index in [4.69, 9.17) is 20.6 Å². The molecular weight excluding hydrogens is 693 g/mol. The van der Waals surface area contributed by atoms with Crippen LogP contribution in [0.5, 0.6) is 0 Å². The molecule has 1 aliphatic rings. The highest BCUT2D eigenvalue weighted by molar-refractivity contribution is 7.89. The van der Waals surface area contributed by atoms with Crippen molar-refractivity contribution < 1.29 is 26.8 Å². The summed E-state index contributed by atoms with van der Waals surface area (Å²) in [7, 11) is -7.65. The van der Waals surface area contributed by atoms with E-state index in [9.17, 15) is 17.8 Å². The number of amides is 1. The molecule has 50 heavy (non-hydrogen) atoms. The third-order valence-electron chi connectivity index (χ3n) is 7.34. The van der Waals surface area contributed by atoms with Gasteiger partial charge < -0.3 is 13.9 Å². The van der Waals surface area contributed by atoms with E-state index in [-0.39, 0.29) is 37.7 Å². The molecule has 1 fully saturated rings. The molecule has 0 N–H and O–H groups in total. The molecule has 282 valence electrons. The number of hydrogen-bond donors (Lipinski definition) is 0. The standard InChI is InChI=1S/C30H37ClN3O6PS.4C2H6/c1-5-23-19-32-15-14-26(23)24-10-8-11-25(18-24)28-20-33(30(35)21-41(36,39-6-2)40-7-3)16-17-34(28)42(37,38)29-13-9-12-27(31)22(29)4;4*1-2/h8-15,18-19,28H,5-7,16-17,20-21H2,1-4H3;4*1-2H3. The van der Waals surface area contributed by atoms with Crippen molar-refractivity contribution in [1.82, 2.24) is 14.2 Å². The van der Waals surface area contributed by atoms with Gasteiger partial charge in [0.1, 0.15) is 6.16 Å². The van der Waals surface area contributed by atoms with Gasteiger partial charge >= 0.3 is 7.60 Å². The number of carbonyl (C=O) groups is 1. The van der Waals surface area contributed by atoms with Crippen LogP contribution in [0.1, 0.15) is 98.9 Å². The lowest BCUT2D eigenvalue weighted by atomic mass is 9.95. The normalized spacial score (nSPS) is 14.3. The average Bonchev–Trinajstić information content (AvgIpc) is 3.15. The minimum atomic E-state index is -4.01. The Labute approximate surface area is 308 Å². The number of benzene rings is 2. The monoisotopic (exact) mass is 753 g/mol. The molecule has 0 saturated carbocycles. The molecule has 2 heterocycles. The maximum atomic E-state index is 14.1. The Hall–Kier alpha value is -2.59. The van der Waals surface area contributed by atoms with Crippen LogP contribution in [0.25, 0.3) is 11.1 Å².